The minimum absolute atomic E-state index is 0.101. The van der Waals surface area contributed by atoms with E-state index < -0.39 is 11.7 Å². The summed E-state index contributed by atoms with van der Waals surface area (Å²) < 4.78 is 24.7. The number of benzene rings is 2. The lowest BCUT2D eigenvalue weighted by Gasteiger charge is -2.17. The van der Waals surface area contributed by atoms with Gasteiger partial charge in [-0.05, 0) is 50.6 Å². The summed E-state index contributed by atoms with van der Waals surface area (Å²) >= 11 is 0. The number of carbonyl (C=O) groups is 2. The average Bonchev–Trinajstić information content (AvgIpc) is 2.68. The van der Waals surface area contributed by atoms with Crippen molar-refractivity contribution in [3.05, 3.63) is 59.4 Å². The zero-order valence-electron chi connectivity index (χ0n) is 16.3. The summed E-state index contributed by atoms with van der Waals surface area (Å²) in [6, 6.07) is 10.8. The molecule has 0 heterocycles. The second kappa shape index (κ2) is 10.3. The molecule has 2 aromatic carbocycles. The van der Waals surface area contributed by atoms with Crippen LogP contribution < -0.4 is 20.1 Å². The van der Waals surface area contributed by atoms with Crippen LogP contribution in [0.3, 0.4) is 0 Å². The van der Waals surface area contributed by atoms with Gasteiger partial charge in [0.2, 0.25) is 5.91 Å². The van der Waals surface area contributed by atoms with E-state index in [0.717, 1.165) is 5.56 Å². The van der Waals surface area contributed by atoms with Gasteiger partial charge in [0.15, 0.2) is 11.5 Å². The molecule has 0 aromatic heterocycles. The molecule has 0 saturated heterocycles. The second-order valence-corrected chi connectivity index (χ2v) is 6.02. The van der Waals surface area contributed by atoms with Gasteiger partial charge in [0, 0.05) is 0 Å². The fourth-order valence-electron chi connectivity index (χ4n) is 2.61. The van der Waals surface area contributed by atoms with Gasteiger partial charge in [-0.1, -0.05) is 18.2 Å². The van der Waals surface area contributed by atoms with Crippen molar-refractivity contribution in [3.8, 4) is 11.5 Å². The maximum absolute atomic E-state index is 13.6. The normalized spacial score (nSPS) is 11.4. The van der Waals surface area contributed by atoms with Gasteiger partial charge in [0.25, 0.3) is 5.91 Å². The lowest BCUT2D eigenvalue weighted by molar-refractivity contribution is -0.120. The Hall–Kier alpha value is -3.09. The number of ether oxygens (including phenoxy) is 2. The third kappa shape index (κ3) is 5.70. The zero-order valence-corrected chi connectivity index (χ0v) is 16.3. The molecule has 150 valence electrons. The number of halogens is 1. The van der Waals surface area contributed by atoms with Gasteiger partial charge >= 0.3 is 0 Å². The fraction of sp³-hybridized carbons (Fsp3) is 0.333. The first-order valence-electron chi connectivity index (χ1n) is 9.17. The van der Waals surface area contributed by atoms with Gasteiger partial charge in [-0.25, -0.2) is 4.39 Å². The molecule has 2 aromatic rings. The van der Waals surface area contributed by atoms with Crippen molar-refractivity contribution in [2.75, 3.05) is 19.8 Å². The highest BCUT2D eigenvalue weighted by Gasteiger charge is 2.15. The van der Waals surface area contributed by atoms with Crippen molar-refractivity contribution in [2.45, 2.75) is 26.8 Å². The van der Waals surface area contributed by atoms with Crippen LogP contribution in [0.4, 0.5) is 4.39 Å². The number of amides is 2. The van der Waals surface area contributed by atoms with E-state index in [2.05, 4.69) is 10.6 Å². The number of hydrogen-bond acceptors (Lipinski definition) is 4. The predicted molar refractivity (Wildman–Crippen MR) is 104 cm³/mol. The molecule has 0 fully saturated rings. The average molecular weight is 388 g/mol. The third-order valence-electron chi connectivity index (χ3n) is 3.97. The molecule has 2 rings (SSSR count). The molecule has 0 saturated carbocycles. The zero-order chi connectivity index (χ0) is 20.5. The first-order valence-corrected chi connectivity index (χ1v) is 9.17. The van der Waals surface area contributed by atoms with E-state index in [1.807, 2.05) is 32.9 Å². The quantitative estimate of drug-likeness (QED) is 0.692. The molecular weight excluding hydrogens is 363 g/mol. The lowest BCUT2D eigenvalue weighted by atomic mass is 10.1. The highest BCUT2D eigenvalue weighted by Crippen LogP contribution is 2.30. The van der Waals surface area contributed by atoms with Gasteiger partial charge in [-0.3, -0.25) is 9.59 Å². The molecule has 0 aliphatic rings. The van der Waals surface area contributed by atoms with Crippen molar-refractivity contribution >= 4 is 11.8 Å². The fourth-order valence-corrected chi connectivity index (χ4v) is 2.61. The summed E-state index contributed by atoms with van der Waals surface area (Å²) in [4.78, 5) is 24.1. The van der Waals surface area contributed by atoms with Gasteiger partial charge < -0.3 is 20.1 Å². The van der Waals surface area contributed by atoms with Crippen molar-refractivity contribution in [3.63, 3.8) is 0 Å². The van der Waals surface area contributed by atoms with Crippen molar-refractivity contribution in [1.29, 1.82) is 0 Å². The Morgan fingerprint density at radius 2 is 1.71 bits per heavy atom. The maximum Gasteiger partial charge on any atom is 0.254 e. The van der Waals surface area contributed by atoms with Crippen LogP contribution in [0.2, 0.25) is 0 Å². The molecule has 7 heteroatoms. The molecule has 2 N–H and O–H groups in total. The van der Waals surface area contributed by atoms with E-state index >= 15 is 0 Å². The summed E-state index contributed by atoms with van der Waals surface area (Å²) in [5.74, 6) is -0.407. The molecule has 0 aliphatic heterocycles. The Labute approximate surface area is 164 Å². The summed E-state index contributed by atoms with van der Waals surface area (Å²) in [6.45, 7) is 6.35. The highest BCUT2D eigenvalue weighted by atomic mass is 19.1. The Bertz CT molecular complexity index is 826. The molecule has 1 atom stereocenters. The summed E-state index contributed by atoms with van der Waals surface area (Å²) in [6.07, 6.45) is 0. The van der Waals surface area contributed by atoms with Crippen LogP contribution >= 0.6 is 0 Å². The number of carbonyl (C=O) groups excluding carboxylic acids is 2. The molecular formula is C21H25FN2O4. The smallest absolute Gasteiger partial charge is 0.254 e. The van der Waals surface area contributed by atoms with Crippen molar-refractivity contribution in [2.24, 2.45) is 0 Å². The van der Waals surface area contributed by atoms with Gasteiger partial charge in [0.1, 0.15) is 5.82 Å². The summed E-state index contributed by atoms with van der Waals surface area (Å²) in [5, 5.41) is 5.21. The van der Waals surface area contributed by atoms with Crippen molar-refractivity contribution in [1.82, 2.24) is 10.6 Å². The monoisotopic (exact) mass is 388 g/mol. The summed E-state index contributed by atoms with van der Waals surface area (Å²) in [7, 11) is 0. The molecule has 0 bridgehead atoms. The highest BCUT2D eigenvalue weighted by molar-refractivity contribution is 5.96. The van der Waals surface area contributed by atoms with Crippen LogP contribution in [0.1, 0.15) is 42.7 Å². The maximum atomic E-state index is 13.6. The number of hydrogen-bond donors (Lipinski definition) is 2. The van der Waals surface area contributed by atoms with Crippen molar-refractivity contribution < 1.29 is 23.5 Å². The van der Waals surface area contributed by atoms with Gasteiger partial charge in [0.05, 0.1) is 31.4 Å². The van der Waals surface area contributed by atoms with Crippen LogP contribution in [-0.2, 0) is 4.79 Å². The largest absolute Gasteiger partial charge is 0.490 e. The van der Waals surface area contributed by atoms with Crippen LogP contribution in [0.25, 0.3) is 0 Å². The topological polar surface area (TPSA) is 76.7 Å². The Kier molecular flexibility index (Phi) is 7.80. The first-order chi connectivity index (χ1) is 13.5. The van der Waals surface area contributed by atoms with E-state index in [1.54, 1.807) is 12.1 Å². The number of nitrogens with one attached hydrogen (secondary N) is 2. The molecule has 1 unspecified atom stereocenters. The Balaban J connectivity index is 1.95. The van der Waals surface area contributed by atoms with Gasteiger partial charge in [-0.15, -0.1) is 0 Å². The number of rotatable bonds is 9. The minimum Gasteiger partial charge on any atom is -0.490 e. The van der Waals surface area contributed by atoms with E-state index in [-0.39, 0.29) is 24.1 Å². The Morgan fingerprint density at radius 3 is 2.39 bits per heavy atom. The van der Waals surface area contributed by atoms with E-state index in [0.29, 0.717) is 24.7 Å². The first kappa shape index (κ1) is 21.2. The molecule has 6 nitrogen and oxygen atoms in total. The van der Waals surface area contributed by atoms with Crippen LogP contribution in [-0.4, -0.2) is 31.6 Å². The second-order valence-electron chi connectivity index (χ2n) is 6.02. The predicted octanol–water partition coefficient (Wildman–Crippen LogP) is 3.23. The molecule has 28 heavy (non-hydrogen) atoms. The molecule has 0 aliphatic carbocycles. The van der Waals surface area contributed by atoms with Crippen LogP contribution in [0.15, 0.2) is 42.5 Å². The van der Waals surface area contributed by atoms with Crippen LogP contribution in [0.5, 0.6) is 11.5 Å². The molecule has 0 radical (unpaired) electrons. The summed E-state index contributed by atoms with van der Waals surface area (Å²) in [5.41, 5.74) is 0.733. The van der Waals surface area contributed by atoms with Crippen LogP contribution in [0, 0.1) is 5.82 Å². The van der Waals surface area contributed by atoms with E-state index in [1.165, 1.54) is 18.2 Å². The van der Waals surface area contributed by atoms with E-state index in [4.69, 9.17) is 9.47 Å². The lowest BCUT2D eigenvalue weighted by Crippen LogP contribution is -2.38. The molecule has 0 spiro atoms. The van der Waals surface area contributed by atoms with Gasteiger partial charge in [-0.2, -0.15) is 0 Å². The minimum atomic E-state index is -0.638. The molecule has 2 amide bonds. The van der Waals surface area contributed by atoms with E-state index in [9.17, 15) is 14.0 Å². The third-order valence-corrected chi connectivity index (χ3v) is 3.97. The Morgan fingerprint density at radius 1 is 1.04 bits per heavy atom. The SMILES string of the molecule is CCOc1ccc(C(C)NC(=O)CNC(=O)c2ccccc2F)cc1OCC. The standard InChI is InChI=1S/C21H25FN2O4/c1-4-27-18-11-10-15(12-19(18)28-5-2)14(3)24-20(25)13-23-21(26)16-8-6-7-9-17(16)22/h6-12,14H,4-5,13H2,1-3H3,(H,23,26)(H,24,25).